The topological polar surface area (TPSA) is 96.0 Å². The third-order valence-corrected chi connectivity index (χ3v) is 3.60. The molecule has 0 aliphatic heterocycles. The number of rotatable bonds is 2. The number of nitrogens with zero attached hydrogens (tertiary/aromatic N) is 5. The molecule has 0 fully saturated rings. The number of aromatic nitrogens is 4. The van der Waals surface area contributed by atoms with Crippen molar-refractivity contribution in [2.75, 3.05) is 5.32 Å². The molecular formula is C17H10N6O. The van der Waals surface area contributed by atoms with Gasteiger partial charge in [-0.25, -0.2) is 9.97 Å². The number of hydrogen-bond donors (Lipinski definition) is 1. The predicted octanol–water partition coefficient (Wildman–Crippen LogP) is 2.40. The molecule has 0 atom stereocenters. The van der Waals surface area contributed by atoms with Crippen LogP contribution in [0, 0.1) is 11.3 Å². The van der Waals surface area contributed by atoms with Crippen LogP contribution in [0.3, 0.4) is 0 Å². The average Bonchev–Trinajstić information content (AvgIpc) is 3.00. The Balaban J connectivity index is 1.72. The van der Waals surface area contributed by atoms with E-state index < -0.39 is 5.91 Å². The number of amides is 1. The summed E-state index contributed by atoms with van der Waals surface area (Å²) >= 11 is 0. The molecule has 4 rings (SSSR count). The van der Waals surface area contributed by atoms with Crippen LogP contribution in [-0.4, -0.2) is 25.3 Å². The van der Waals surface area contributed by atoms with Crippen LogP contribution in [0.4, 0.5) is 5.69 Å². The van der Waals surface area contributed by atoms with E-state index in [1.165, 1.54) is 12.4 Å². The van der Waals surface area contributed by atoms with E-state index in [4.69, 9.17) is 5.26 Å². The fraction of sp³-hybridized carbons (Fsp3) is 0. The highest BCUT2D eigenvalue weighted by Crippen LogP contribution is 2.16. The monoisotopic (exact) mass is 314 g/mol. The van der Waals surface area contributed by atoms with Crippen LogP contribution in [0.25, 0.3) is 16.8 Å². The number of nitrogens with one attached hydrogen (secondary N) is 1. The van der Waals surface area contributed by atoms with Crippen molar-refractivity contribution in [1.29, 1.82) is 5.26 Å². The molecule has 0 saturated heterocycles. The van der Waals surface area contributed by atoms with Gasteiger partial charge in [-0.3, -0.25) is 14.2 Å². The van der Waals surface area contributed by atoms with Crippen LogP contribution in [0.1, 0.15) is 16.1 Å². The lowest BCUT2D eigenvalue weighted by Gasteiger charge is -2.06. The van der Waals surface area contributed by atoms with Crippen molar-refractivity contribution in [2.45, 2.75) is 0 Å². The van der Waals surface area contributed by atoms with Crippen molar-refractivity contribution in [3.8, 4) is 6.07 Å². The SMILES string of the molecule is N#Cc1cnccc1NC(=O)c1ccn2c(n1)nc1ccccc12. The largest absolute Gasteiger partial charge is 0.319 e. The highest BCUT2D eigenvalue weighted by atomic mass is 16.1. The zero-order valence-electron chi connectivity index (χ0n) is 12.3. The lowest BCUT2D eigenvalue weighted by atomic mass is 10.2. The Kier molecular flexibility index (Phi) is 3.14. The third-order valence-electron chi connectivity index (χ3n) is 3.60. The first kappa shape index (κ1) is 13.8. The van der Waals surface area contributed by atoms with E-state index in [1.54, 1.807) is 18.3 Å². The van der Waals surface area contributed by atoms with Crippen molar-refractivity contribution in [2.24, 2.45) is 0 Å². The number of imidazole rings is 1. The summed E-state index contributed by atoms with van der Waals surface area (Å²) in [6.07, 6.45) is 4.66. The fourth-order valence-corrected chi connectivity index (χ4v) is 2.45. The van der Waals surface area contributed by atoms with Gasteiger partial charge in [0.15, 0.2) is 0 Å². The van der Waals surface area contributed by atoms with Crippen molar-refractivity contribution in [1.82, 2.24) is 19.4 Å². The van der Waals surface area contributed by atoms with Crippen LogP contribution in [0.15, 0.2) is 55.0 Å². The molecule has 7 heteroatoms. The Morgan fingerprint density at radius 1 is 1.17 bits per heavy atom. The number of benzene rings is 1. The van der Waals surface area contributed by atoms with Crippen molar-refractivity contribution in [3.05, 3.63) is 66.2 Å². The Bertz CT molecular complexity index is 1120. The summed E-state index contributed by atoms with van der Waals surface area (Å²) < 4.78 is 1.82. The molecule has 7 nitrogen and oxygen atoms in total. The summed E-state index contributed by atoms with van der Waals surface area (Å²) in [6.45, 7) is 0. The van der Waals surface area contributed by atoms with E-state index >= 15 is 0 Å². The number of anilines is 1. The summed E-state index contributed by atoms with van der Waals surface area (Å²) in [7, 11) is 0. The molecule has 0 radical (unpaired) electrons. The summed E-state index contributed by atoms with van der Waals surface area (Å²) in [5.41, 5.74) is 2.64. The highest BCUT2D eigenvalue weighted by molar-refractivity contribution is 6.03. The van der Waals surface area contributed by atoms with E-state index in [0.717, 1.165) is 11.0 Å². The predicted molar refractivity (Wildman–Crippen MR) is 87.4 cm³/mol. The summed E-state index contributed by atoms with van der Waals surface area (Å²) in [4.78, 5) is 25.0. The van der Waals surface area contributed by atoms with Gasteiger partial charge in [-0.05, 0) is 24.3 Å². The Hall–Kier alpha value is -3.79. The Morgan fingerprint density at radius 2 is 2.04 bits per heavy atom. The lowest BCUT2D eigenvalue weighted by molar-refractivity contribution is 0.102. The fourth-order valence-electron chi connectivity index (χ4n) is 2.45. The molecule has 3 heterocycles. The maximum absolute atomic E-state index is 12.4. The number of carbonyl (C=O) groups excluding carboxylic acids is 1. The van der Waals surface area contributed by atoms with Gasteiger partial charge in [0.1, 0.15) is 11.8 Å². The van der Waals surface area contributed by atoms with Crippen LogP contribution >= 0.6 is 0 Å². The van der Waals surface area contributed by atoms with E-state index in [0.29, 0.717) is 17.0 Å². The second kappa shape index (κ2) is 5.44. The van der Waals surface area contributed by atoms with Crippen molar-refractivity contribution >= 4 is 28.4 Å². The van der Waals surface area contributed by atoms with Gasteiger partial charge in [0.2, 0.25) is 5.78 Å². The van der Waals surface area contributed by atoms with Gasteiger partial charge < -0.3 is 5.32 Å². The molecule has 0 unspecified atom stereocenters. The van der Waals surface area contributed by atoms with Gasteiger partial charge >= 0.3 is 0 Å². The van der Waals surface area contributed by atoms with Gasteiger partial charge in [0.05, 0.1) is 22.3 Å². The maximum atomic E-state index is 12.4. The van der Waals surface area contributed by atoms with Gasteiger partial charge in [-0.15, -0.1) is 0 Å². The summed E-state index contributed by atoms with van der Waals surface area (Å²) in [5, 5.41) is 11.7. The lowest BCUT2D eigenvalue weighted by Crippen LogP contribution is -2.15. The van der Waals surface area contributed by atoms with E-state index in [-0.39, 0.29) is 5.69 Å². The minimum atomic E-state index is -0.410. The first-order valence-corrected chi connectivity index (χ1v) is 7.15. The normalized spacial score (nSPS) is 10.6. The number of nitriles is 1. The molecule has 24 heavy (non-hydrogen) atoms. The Labute approximate surface area is 136 Å². The maximum Gasteiger partial charge on any atom is 0.274 e. The first-order valence-electron chi connectivity index (χ1n) is 7.15. The number of carbonyl (C=O) groups is 1. The summed E-state index contributed by atoms with van der Waals surface area (Å²) in [6, 6.07) is 12.8. The van der Waals surface area contributed by atoms with E-state index in [9.17, 15) is 4.79 Å². The quantitative estimate of drug-likeness (QED) is 0.613. The number of hydrogen-bond acceptors (Lipinski definition) is 5. The molecule has 0 saturated carbocycles. The highest BCUT2D eigenvalue weighted by Gasteiger charge is 2.13. The van der Waals surface area contributed by atoms with Gasteiger partial charge in [0, 0.05) is 18.6 Å². The van der Waals surface area contributed by atoms with Crippen molar-refractivity contribution in [3.63, 3.8) is 0 Å². The first-order chi connectivity index (χ1) is 11.8. The minimum Gasteiger partial charge on any atom is -0.319 e. The third kappa shape index (κ3) is 2.23. The number of pyridine rings is 1. The smallest absolute Gasteiger partial charge is 0.274 e. The van der Waals surface area contributed by atoms with Crippen LogP contribution in [0.2, 0.25) is 0 Å². The molecule has 4 aromatic rings. The second-order valence-corrected chi connectivity index (χ2v) is 5.07. The van der Waals surface area contributed by atoms with Gasteiger partial charge in [-0.1, -0.05) is 12.1 Å². The number of fused-ring (bicyclic) bond motifs is 3. The van der Waals surface area contributed by atoms with E-state index in [1.807, 2.05) is 34.7 Å². The van der Waals surface area contributed by atoms with Crippen LogP contribution in [0.5, 0.6) is 0 Å². The zero-order chi connectivity index (χ0) is 16.5. The van der Waals surface area contributed by atoms with Crippen molar-refractivity contribution < 1.29 is 4.79 Å². The summed E-state index contributed by atoms with van der Waals surface area (Å²) in [5.74, 6) is 0.0336. The van der Waals surface area contributed by atoms with E-state index in [2.05, 4.69) is 20.3 Å². The standard InChI is InChI=1S/C17H10N6O/c18-9-11-10-19-7-5-12(11)20-16(24)14-6-8-23-15-4-2-1-3-13(15)21-17(23)22-14/h1-8,10H,(H,19,20,24). The molecular weight excluding hydrogens is 304 g/mol. The average molecular weight is 314 g/mol. The molecule has 1 aromatic carbocycles. The Morgan fingerprint density at radius 3 is 2.92 bits per heavy atom. The molecule has 0 bridgehead atoms. The number of para-hydroxylation sites is 2. The van der Waals surface area contributed by atoms with Crippen LogP contribution < -0.4 is 5.32 Å². The molecule has 114 valence electrons. The zero-order valence-corrected chi connectivity index (χ0v) is 12.3. The minimum absolute atomic E-state index is 0.221. The molecule has 1 N–H and O–H groups in total. The molecule has 3 aromatic heterocycles. The molecule has 0 aliphatic rings. The molecule has 1 amide bonds. The van der Waals surface area contributed by atoms with Gasteiger partial charge in [-0.2, -0.15) is 5.26 Å². The molecule has 0 aliphatic carbocycles. The van der Waals surface area contributed by atoms with Gasteiger partial charge in [0.25, 0.3) is 5.91 Å². The second-order valence-electron chi connectivity index (χ2n) is 5.07. The molecule has 0 spiro atoms. The van der Waals surface area contributed by atoms with Crippen LogP contribution in [-0.2, 0) is 0 Å².